The van der Waals surface area contributed by atoms with Crippen molar-refractivity contribution in [3.8, 4) is 0 Å². The molecule has 0 aliphatic rings. The molecule has 1 amide bonds. The van der Waals surface area contributed by atoms with Crippen LogP contribution in [0, 0.1) is 0 Å². The predicted molar refractivity (Wildman–Crippen MR) is 82.2 cm³/mol. The summed E-state index contributed by atoms with van der Waals surface area (Å²) in [5, 5.41) is 0. The minimum absolute atomic E-state index is 0.0854. The molecule has 0 fully saturated rings. The summed E-state index contributed by atoms with van der Waals surface area (Å²) in [5.74, 6) is -1.52. The number of carbonyl (C=O) groups is 2. The monoisotopic (exact) mass is 344 g/mol. The summed E-state index contributed by atoms with van der Waals surface area (Å²) in [6.45, 7) is 2.88. The van der Waals surface area contributed by atoms with Crippen molar-refractivity contribution in [2.24, 2.45) is 5.73 Å². The summed E-state index contributed by atoms with van der Waals surface area (Å²) in [5.41, 5.74) is 3.71. The smallest absolute Gasteiger partial charge is 0.338 e. The maximum atomic E-state index is 12.4. The van der Waals surface area contributed by atoms with Gasteiger partial charge in [-0.05, 0) is 32.0 Å². The molecule has 1 rings (SSSR count). The fraction of sp³-hybridized carbons (Fsp3) is 0.429. The molecule has 1 aromatic rings. The number of nitrogens with two attached hydrogens (primary N) is 1. The zero-order valence-corrected chi connectivity index (χ0v) is 14.0. The number of sulfonamides is 1. The molecular formula is C14H20N2O6S. The SMILES string of the molecule is CCOC(=O)c1cccc(S(=O)(=O)N[C@@](C)(COC)C(N)=O)c1. The number of benzene rings is 1. The lowest BCUT2D eigenvalue weighted by Gasteiger charge is -2.26. The molecule has 0 spiro atoms. The highest BCUT2D eigenvalue weighted by molar-refractivity contribution is 7.89. The van der Waals surface area contributed by atoms with Crippen LogP contribution in [0.3, 0.4) is 0 Å². The van der Waals surface area contributed by atoms with Crippen LogP contribution in [-0.2, 0) is 24.3 Å². The summed E-state index contributed by atoms with van der Waals surface area (Å²) in [7, 11) is -2.78. The van der Waals surface area contributed by atoms with Crippen molar-refractivity contribution in [2.75, 3.05) is 20.3 Å². The van der Waals surface area contributed by atoms with Gasteiger partial charge < -0.3 is 15.2 Å². The van der Waals surface area contributed by atoms with E-state index >= 15 is 0 Å². The van der Waals surface area contributed by atoms with E-state index in [4.69, 9.17) is 15.2 Å². The fourth-order valence-corrected chi connectivity index (χ4v) is 3.21. The van der Waals surface area contributed by atoms with Crippen LogP contribution in [0.15, 0.2) is 29.2 Å². The van der Waals surface area contributed by atoms with E-state index in [0.717, 1.165) is 6.07 Å². The van der Waals surface area contributed by atoms with Crippen molar-refractivity contribution in [1.29, 1.82) is 0 Å². The molecule has 128 valence electrons. The van der Waals surface area contributed by atoms with Gasteiger partial charge in [0.25, 0.3) is 0 Å². The first-order chi connectivity index (χ1) is 10.7. The van der Waals surface area contributed by atoms with Gasteiger partial charge in [-0.25, -0.2) is 13.2 Å². The van der Waals surface area contributed by atoms with Crippen molar-refractivity contribution >= 4 is 21.9 Å². The van der Waals surface area contributed by atoms with Gasteiger partial charge in [0.2, 0.25) is 15.9 Å². The molecule has 0 aliphatic heterocycles. The number of esters is 1. The Morgan fingerprint density at radius 1 is 1.35 bits per heavy atom. The maximum absolute atomic E-state index is 12.4. The highest BCUT2D eigenvalue weighted by Gasteiger charge is 2.36. The number of primary amides is 1. The molecule has 3 N–H and O–H groups in total. The summed E-state index contributed by atoms with van der Waals surface area (Å²) < 4.78 is 36.7. The Morgan fingerprint density at radius 3 is 2.52 bits per heavy atom. The number of carbonyl (C=O) groups excluding carboxylic acids is 2. The van der Waals surface area contributed by atoms with Crippen molar-refractivity contribution in [3.63, 3.8) is 0 Å². The molecule has 23 heavy (non-hydrogen) atoms. The van der Waals surface area contributed by atoms with Crippen LogP contribution in [0.1, 0.15) is 24.2 Å². The molecule has 0 saturated heterocycles. The van der Waals surface area contributed by atoms with Gasteiger partial charge in [-0.1, -0.05) is 6.07 Å². The number of amides is 1. The standard InChI is InChI=1S/C14H20N2O6S/c1-4-22-12(17)10-6-5-7-11(8-10)23(19,20)16-14(2,9-21-3)13(15)18/h5-8,16H,4,9H2,1-3H3,(H2,15,18)/t14-/m0/s1. The van der Waals surface area contributed by atoms with Crippen molar-refractivity contribution < 1.29 is 27.5 Å². The molecule has 0 unspecified atom stereocenters. The molecule has 0 bridgehead atoms. The van der Waals surface area contributed by atoms with Crippen LogP contribution in [0.5, 0.6) is 0 Å². The van der Waals surface area contributed by atoms with Crippen LogP contribution >= 0.6 is 0 Å². The first-order valence-electron chi connectivity index (χ1n) is 6.76. The van der Waals surface area contributed by atoms with E-state index in [1.807, 2.05) is 0 Å². The average Bonchev–Trinajstić information content (AvgIpc) is 2.47. The van der Waals surface area contributed by atoms with Gasteiger partial charge >= 0.3 is 5.97 Å². The third kappa shape index (κ3) is 4.75. The second-order valence-electron chi connectivity index (χ2n) is 4.98. The van der Waals surface area contributed by atoms with E-state index in [-0.39, 0.29) is 23.7 Å². The molecule has 0 aromatic heterocycles. The fourth-order valence-electron chi connectivity index (χ4n) is 1.80. The molecule has 0 saturated carbocycles. The first-order valence-corrected chi connectivity index (χ1v) is 8.24. The quantitative estimate of drug-likeness (QED) is 0.641. The van der Waals surface area contributed by atoms with Gasteiger partial charge in [-0.3, -0.25) is 4.79 Å². The maximum Gasteiger partial charge on any atom is 0.338 e. The number of rotatable bonds is 8. The van der Waals surface area contributed by atoms with E-state index in [0.29, 0.717) is 0 Å². The van der Waals surface area contributed by atoms with Crippen molar-refractivity contribution in [3.05, 3.63) is 29.8 Å². The molecule has 0 heterocycles. The van der Waals surface area contributed by atoms with Crippen LogP contribution in [0.25, 0.3) is 0 Å². The zero-order chi connectivity index (χ0) is 17.7. The molecule has 1 aromatic carbocycles. The summed E-state index contributed by atoms with van der Waals surface area (Å²) in [4.78, 5) is 23.0. The number of hydrogen-bond acceptors (Lipinski definition) is 6. The largest absolute Gasteiger partial charge is 0.462 e. The van der Waals surface area contributed by atoms with Gasteiger partial charge in [-0.2, -0.15) is 4.72 Å². The van der Waals surface area contributed by atoms with Gasteiger partial charge in [-0.15, -0.1) is 0 Å². The summed E-state index contributed by atoms with van der Waals surface area (Å²) >= 11 is 0. The van der Waals surface area contributed by atoms with Gasteiger partial charge in [0, 0.05) is 7.11 Å². The van der Waals surface area contributed by atoms with Crippen LogP contribution in [0.4, 0.5) is 0 Å². The van der Waals surface area contributed by atoms with Crippen LogP contribution < -0.4 is 10.5 Å². The van der Waals surface area contributed by atoms with Gasteiger partial charge in [0.1, 0.15) is 5.54 Å². The Labute approximate surface area is 135 Å². The van der Waals surface area contributed by atoms with E-state index < -0.39 is 27.4 Å². The Hall–Kier alpha value is -1.97. The Morgan fingerprint density at radius 2 is 2.00 bits per heavy atom. The Balaban J connectivity index is 3.16. The molecule has 0 radical (unpaired) electrons. The molecule has 9 heteroatoms. The minimum Gasteiger partial charge on any atom is -0.462 e. The second-order valence-corrected chi connectivity index (χ2v) is 6.67. The average molecular weight is 344 g/mol. The Bertz CT molecular complexity index is 688. The number of hydrogen-bond donors (Lipinski definition) is 2. The summed E-state index contributed by atoms with van der Waals surface area (Å²) in [6, 6.07) is 5.28. The normalized spacial score (nSPS) is 14.0. The van der Waals surface area contributed by atoms with E-state index in [9.17, 15) is 18.0 Å². The number of ether oxygens (including phenoxy) is 2. The summed E-state index contributed by atoms with van der Waals surface area (Å²) in [6.07, 6.45) is 0. The molecule has 1 atom stereocenters. The van der Waals surface area contributed by atoms with E-state index in [1.54, 1.807) is 6.92 Å². The Kier molecular flexibility index (Phi) is 6.25. The van der Waals surface area contributed by atoms with Gasteiger partial charge in [0.15, 0.2) is 0 Å². The van der Waals surface area contributed by atoms with E-state index in [1.165, 1.54) is 32.2 Å². The predicted octanol–water partition coefficient (Wildman–Crippen LogP) is 0.0320. The first kappa shape index (κ1) is 19.1. The topological polar surface area (TPSA) is 125 Å². The van der Waals surface area contributed by atoms with Crippen LogP contribution in [-0.4, -0.2) is 46.2 Å². The van der Waals surface area contributed by atoms with E-state index in [2.05, 4.69) is 4.72 Å². The third-order valence-electron chi connectivity index (χ3n) is 2.99. The number of nitrogens with one attached hydrogen (secondary N) is 1. The lowest BCUT2D eigenvalue weighted by molar-refractivity contribution is -0.124. The third-order valence-corrected chi connectivity index (χ3v) is 4.59. The molecule has 0 aliphatic carbocycles. The zero-order valence-electron chi connectivity index (χ0n) is 13.2. The highest BCUT2D eigenvalue weighted by Crippen LogP contribution is 2.16. The number of methoxy groups -OCH3 is 1. The van der Waals surface area contributed by atoms with Crippen LogP contribution in [0.2, 0.25) is 0 Å². The second kappa shape index (κ2) is 7.53. The molecular weight excluding hydrogens is 324 g/mol. The lowest BCUT2D eigenvalue weighted by Crippen LogP contribution is -2.58. The van der Waals surface area contributed by atoms with Crippen molar-refractivity contribution in [2.45, 2.75) is 24.3 Å². The van der Waals surface area contributed by atoms with Gasteiger partial charge in [0.05, 0.1) is 23.7 Å². The highest BCUT2D eigenvalue weighted by atomic mass is 32.2. The van der Waals surface area contributed by atoms with Crippen molar-refractivity contribution in [1.82, 2.24) is 4.72 Å². The molecule has 8 nitrogen and oxygen atoms in total. The lowest BCUT2D eigenvalue weighted by atomic mass is 10.1. The minimum atomic E-state index is -4.09.